The molecule has 0 amide bonds. The molecule has 0 saturated heterocycles. The summed E-state index contributed by atoms with van der Waals surface area (Å²) in [4.78, 5) is 14.6. The van der Waals surface area contributed by atoms with E-state index in [2.05, 4.69) is 23.2 Å². The molecule has 0 aliphatic rings. The Morgan fingerprint density at radius 2 is 2.15 bits per heavy atom. The van der Waals surface area contributed by atoms with Crippen LogP contribution in [0.4, 0.5) is 0 Å². The third-order valence-electron chi connectivity index (χ3n) is 2.04. The van der Waals surface area contributed by atoms with Crippen LogP contribution in [0, 0.1) is 0 Å². The van der Waals surface area contributed by atoms with Crippen molar-refractivity contribution >= 4 is 16.1 Å². The van der Waals surface area contributed by atoms with Crippen LogP contribution in [0.5, 0.6) is 0 Å². The zero-order chi connectivity index (χ0) is 15.6. The van der Waals surface area contributed by atoms with Crippen molar-refractivity contribution < 1.29 is 22.5 Å². The zero-order valence-electron chi connectivity index (χ0n) is 11.6. The second-order valence-electron chi connectivity index (χ2n) is 3.92. The molecule has 8 heteroatoms. The number of aromatic nitrogens is 2. The van der Waals surface area contributed by atoms with Crippen molar-refractivity contribution in [2.24, 2.45) is 0 Å². The van der Waals surface area contributed by atoms with Crippen LogP contribution in [0.15, 0.2) is 30.9 Å². The molecule has 0 atom stereocenters. The van der Waals surface area contributed by atoms with Crippen LogP contribution < -0.4 is 0 Å². The number of carbonyl (C=O) groups excluding carboxylic acids is 1. The Bertz CT molecular complexity index is 508. The van der Waals surface area contributed by atoms with Gasteiger partial charge in [-0.25, -0.2) is 18.2 Å². The summed E-state index contributed by atoms with van der Waals surface area (Å²) in [5.74, 6) is -1.10. The SMILES string of the molecule is C=C(C)C(=O)OCCCS(=O)(=O)[O-].CCn1ccnc1. The molecule has 1 rings (SSSR count). The van der Waals surface area contributed by atoms with E-state index in [4.69, 9.17) is 0 Å². The molecule has 0 fully saturated rings. The predicted octanol–water partition coefficient (Wildman–Crippen LogP) is 0.944. The number of hydrogen-bond acceptors (Lipinski definition) is 6. The molecule has 0 N–H and O–H groups in total. The molecule has 0 radical (unpaired) electrons. The number of esters is 1. The number of hydrogen-bond donors (Lipinski definition) is 0. The maximum Gasteiger partial charge on any atom is 0.333 e. The summed E-state index contributed by atoms with van der Waals surface area (Å²) in [5.41, 5.74) is 0.241. The van der Waals surface area contributed by atoms with Gasteiger partial charge in [-0.15, -0.1) is 0 Å². The molecule has 114 valence electrons. The van der Waals surface area contributed by atoms with Gasteiger partial charge in [0.15, 0.2) is 0 Å². The molecule has 0 saturated carbocycles. The van der Waals surface area contributed by atoms with Crippen molar-refractivity contribution in [3.63, 3.8) is 0 Å². The lowest BCUT2D eigenvalue weighted by Crippen LogP contribution is -2.11. The summed E-state index contributed by atoms with van der Waals surface area (Å²) in [6.45, 7) is 7.83. The molecular formula is C12H19N2O5S-. The first kappa shape index (κ1) is 18.3. The van der Waals surface area contributed by atoms with Gasteiger partial charge in [-0.3, -0.25) is 0 Å². The minimum atomic E-state index is -4.21. The first-order valence-corrected chi connectivity index (χ1v) is 7.56. The molecular weight excluding hydrogens is 284 g/mol. The first-order valence-electron chi connectivity index (χ1n) is 5.98. The fourth-order valence-corrected chi connectivity index (χ4v) is 1.47. The lowest BCUT2D eigenvalue weighted by atomic mass is 10.4. The van der Waals surface area contributed by atoms with Gasteiger partial charge in [0.2, 0.25) is 0 Å². The molecule has 20 heavy (non-hydrogen) atoms. The van der Waals surface area contributed by atoms with Gasteiger partial charge in [-0.1, -0.05) is 6.58 Å². The minimum Gasteiger partial charge on any atom is -0.748 e. The summed E-state index contributed by atoms with van der Waals surface area (Å²) < 4.78 is 36.9. The normalized spacial score (nSPS) is 10.3. The quantitative estimate of drug-likeness (QED) is 0.335. The molecule has 0 spiro atoms. The first-order chi connectivity index (χ1) is 9.26. The maximum atomic E-state index is 10.7. The van der Waals surface area contributed by atoms with Crippen LogP contribution in [0.25, 0.3) is 0 Å². The lowest BCUT2D eigenvalue weighted by Gasteiger charge is -2.06. The molecule has 1 aromatic heterocycles. The number of ether oxygens (including phenoxy) is 1. The van der Waals surface area contributed by atoms with E-state index in [1.165, 1.54) is 6.92 Å². The highest BCUT2D eigenvalue weighted by Gasteiger charge is 2.02. The van der Waals surface area contributed by atoms with E-state index in [1.54, 1.807) is 12.5 Å². The van der Waals surface area contributed by atoms with Gasteiger partial charge in [-0.05, 0) is 20.3 Å². The molecule has 0 aliphatic heterocycles. The molecule has 0 aromatic carbocycles. The third-order valence-corrected chi connectivity index (χ3v) is 2.83. The monoisotopic (exact) mass is 303 g/mol. The van der Waals surface area contributed by atoms with E-state index in [1.807, 2.05) is 10.8 Å². The highest BCUT2D eigenvalue weighted by Crippen LogP contribution is 1.95. The van der Waals surface area contributed by atoms with Gasteiger partial charge in [0.25, 0.3) is 0 Å². The van der Waals surface area contributed by atoms with E-state index in [9.17, 15) is 17.8 Å². The number of aryl methyl sites for hydroxylation is 1. The molecule has 7 nitrogen and oxygen atoms in total. The Morgan fingerprint density at radius 1 is 1.50 bits per heavy atom. The van der Waals surface area contributed by atoms with Crippen LogP contribution in [0.3, 0.4) is 0 Å². The Hall–Kier alpha value is -1.67. The Kier molecular flexibility index (Phi) is 8.49. The molecule has 1 heterocycles. The third kappa shape index (κ3) is 10.3. The largest absolute Gasteiger partial charge is 0.748 e. The topological polar surface area (TPSA) is 101 Å². The molecule has 0 bridgehead atoms. The predicted molar refractivity (Wildman–Crippen MR) is 72.9 cm³/mol. The van der Waals surface area contributed by atoms with E-state index in [0.717, 1.165) is 6.54 Å². The number of rotatable bonds is 6. The average molecular weight is 303 g/mol. The second kappa shape index (κ2) is 9.27. The van der Waals surface area contributed by atoms with Crippen LogP contribution in [0.1, 0.15) is 20.3 Å². The van der Waals surface area contributed by atoms with Gasteiger partial charge < -0.3 is 13.9 Å². The van der Waals surface area contributed by atoms with Crippen molar-refractivity contribution in [1.82, 2.24) is 9.55 Å². The van der Waals surface area contributed by atoms with Crippen molar-refractivity contribution in [3.05, 3.63) is 30.9 Å². The Balaban J connectivity index is 0.000000428. The van der Waals surface area contributed by atoms with Crippen LogP contribution in [-0.2, 0) is 26.2 Å². The lowest BCUT2D eigenvalue weighted by molar-refractivity contribution is -0.138. The summed E-state index contributed by atoms with van der Waals surface area (Å²) in [6.07, 6.45) is 5.55. The maximum absolute atomic E-state index is 10.7. The number of carbonyl (C=O) groups is 1. The van der Waals surface area contributed by atoms with Gasteiger partial charge in [0.05, 0.1) is 23.1 Å². The summed E-state index contributed by atoms with van der Waals surface area (Å²) in [7, 11) is -4.21. The molecule has 0 unspecified atom stereocenters. The second-order valence-corrected chi connectivity index (χ2v) is 5.45. The van der Waals surface area contributed by atoms with Crippen molar-refractivity contribution in [1.29, 1.82) is 0 Å². The van der Waals surface area contributed by atoms with Gasteiger partial charge in [0, 0.05) is 30.3 Å². The summed E-state index contributed by atoms with van der Waals surface area (Å²) in [6, 6.07) is 0. The highest BCUT2D eigenvalue weighted by atomic mass is 32.2. The van der Waals surface area contributed by atoms with E-state index in [-0.39, 0.29) is 18.6 Å². The number of nitrogens with zero attached hydrogens (tertiary/aromatic N) is 2. The minimum absolute atomic E-state index is 0.0187. The molecule has 0 aliphatic carbocycles. The van der Waals surface area contributed by atoms with E-state index in [0.29, 0.717) is 0 Å². The fraction of sp³-hybridized carbons (Fsp3) is 0.500. The van der Waals surface area contributed by atoms with Gasteiger partial charge in [0.1, 0.15) is 0 Å². The molecule has 1 aromatic rings. The zero-order valence-corrected chi connectivity index (χ0v) is 12.4. The highest BCUT2D eigenvalue weighted by molar-refractivity contribution is 7.85. The van der Waals surface area contributed by atoms with Crippen LogP contribution in [0.2, 0.25) is 0 Å². The van der Waals surface area contributed by atoms with Crippen molar-refractivity contribution in [2.75, 3.05) is 12.4 Å². The van der Waals surface area contributed by atoms with Crippen LogP contribution in [-0.4, -0.2) is 40.9 Å². The average Bonchev–Trinajstić information content (AvgIpc) is 2.87. The van der Waals surface area contributed by atoms with Gasteiger partial charge >= 0.3 is 5.97 Å². The smallest absolute Gasteiger partial charge is 0.333 e. The summed E-state index contributed by atoms with van der Waals surface area (Å²) in [5, 5.41) is 0. The Labute approximate surface area is 119 Å². The standard InChI is InChI=1S/C7H12O5S.C5H8N2/c1-6(2)7(8)12-4-3-5-13(9,10)11;1-2-7-4-3-6-5-7/h1,3-5H2,2H3,(H,9,10,11);3-5H,2H2,1H3/p-1. The Morgan fingerprint density at radius 3 is 2.50 bits per heavy atom. The number of imidazole rings is 1. The van der Waals surface area contributed by atoms with E-state index >= 15 is 0 Å². The van der Waals surface area contributed by atoms with E-state index < -0.39 is 21.8 Å². The van der Waals surface area contributed by atoms with Crippen LogP contribution >= 0.6 is 0 Å². The van der Waals surface area contributed by atoms with Crippen molar-refractivity contribution in [3.8, 4) is 0 Å². The fourth-order valence-electron chi connectivity index (χ4n) is 0.998. The van der Waals surface area contributed by atoms with Gasteiger partial charge in [-0.2, -0.15) is 0 Å². The van der Waals surface area contributed by atoms with Crippen molar-refractivity contribution in [2.45, 2.75) is 26.8 Å². The summed E-state index contributed by atoms with van der Waals surface area (Å²) >= 11 is 0.